The van der Waals surface area contributed by atoms with Gasteiger partial charge in [-0.05, 0) is 30.5 Å². The zero-order valence-electron chi connectivity index (χ0n) is 15.7. The van der Waals surface area contributed by atoms with E-state index in [-0.39, 0.29) is 17.7 Å². The van der Waals surface area contributed by atoms with Crippen molar-refractivity contribution in [2.75, 3.05) is 13.1 Å². The van der Waals surface area contributed by atoms with Crippen LogP contribution in [-0.2, 0) is 15.8 Å². The minimum atomic E-state index is -3.36. The first-order valence-electron chi connectivity index (χ1n) is 9.33. The van der Waals surface area contributed by atoms with Gasteiger partial charge in [0.2, 0.25) is 10.0 Å². The first-order valence-corrected chi connectivity index (χ1v) is 11.8. The van der Waals surface area contributed by atoms with Gasteiger partial charge in [-0.2, -0.15) is 0 Å². The normalized spacial score (nSPS) is 16.0. The molecule has 4 rings (SSSR count). The largest absolute Gasteiger partial charge is 0.462 e. The summed E-state index contributed by atoms with van der Waals surface area (Å²) in [5.74, 6) is 0.443. The molecule has 9 heteroatoms. The second kappa shape index (κ2) is 8.48. The predicted octanol–water partition coefficient (Wildman–Crippen LogP) is 3.13. The van der Waals surface area contributed by atoms with E-state index in [1.54, 1.807) is 18.4 Å². The van der Waals surface area contributed by atoms with Crippen LogP contribution in [0.2, 0.25) is 0 Å². The summed E-state index contributed by atoms with van der Waals surface area (Å²) in [7, 11) is -3.36. The highest BCUT2D eigenvalue weighted by Gasteiger charge is 2.29. The molecule has 0 radical (unpaired) electrons. The summed E-state index contributed by atoms with van der Waals surface area (Å²) in [6.45, 7) is 0.806. The molecule has 0 bridgehead atoms. The molecule has 1 N–H and O–H groups in total. The Hall–Kier alpha value is -2.49. The van der Waals surface area contributed by atoms with Crippen LogP contribution in [0.4, 0.5) is 0 Å². The van der Waals surface area contributed by atoms with Crippen molar-refractivity contribution in [3.8, 4) is 10.8 Å². The maximum atomic E-state index is 12.6. The Labute approximate surface area is 173 Å². The molecule has 1 saturated heterocycles. The fourth-order valence-corrected chi connectivity index (χ4v) is 5.66. The molecule has 0 saturated carbocycles. The number of amides is 1. The fourth-order valence-electron chi connectivity index (χ4n) is 3.30. The van der Waals surface area contributed by atoms with Gasteiger partial charge in [-0.1, -0.05) is 30.3 Å². The molecular weight excluding hydrogens is 410 g/mol. The molecule has 29 heavy (non-hydrogen) atoms. The van der Waals surface area contributed by atoms with Gasteiger partial charge in [0.05, 0.1) is 18.2 Å². The third kappa shape index (κ3) is 4.75. The number of carbonyl (C=O) groups excluding carboxylic acids is 1. The average Bonchev–Trinajstić information content (AvgIpc) is 3.41. The first kappa shape index (κ1) is 19.8. The fraction of sp³-hybridized carbons (Fsp3) is 0.300. The summed E-state index contributed by atoms with van der Waals surface area (Å²) in [5, 5.41) is 3.65. The summed E-state index contributed by atoms with van der Waals surface area (Å²) in [6.07, 6.45) is 4.28. The molecule has 1 amide bonds. The summed E-state index contributed by atoms with van der Waals surface area (Å²) >= 11 is 1.27. The lowest BCUT2D eigenvalue weighted by Crippen LogP contribution is -2.46. The van der Waals surface area contributed by atoms with Gasteiger partial charge in [-0.25, -0.2) is 17.7 Å². The minimum Gasteiger partial charge on any atom is -0.462 e. The van der Waals surface area contributed by atoms with Crippen molar-refractivity contribution in [2.45, 2.75) is 24.6 Å². The SMILES string of the molecule is O=C(NC1CCN(S(=O)(=O)Cc2ccccc2)CC1)c1cnc(-c2ccco2)s1. The molecule has 3 aromatic rings. The molecule has 3 heterocycles. The van der Waals surface area contributed by atoms with Crippen molar-refractivity contribution in [3.63, 3.8) is 0 Å². The average molecular weight is 432 g/mol. The maximum Gasteiger partial charge on any atom is 0.263 e. The zero-order valence-corrected chi connectivity index (χ0v) is 17.3. The van der Waals surface area contributed by atoms with Gasteiger partial charge in [-0.3, -0.25) is 4.79 Å². The van der Waals surface area contributed by atoms with E-state index < -0.39 is 10.0 Å². The number of aromatic nitrogens is 1. The zero-order chi connectivity index (χ0) is 20.3. The topological polar surface area (TPSA) is 92.5 Å². The van der Waals surface area contributed by atoms with Crippen LogP contribution in [0.15, 0.2) is 59.3 Å². The molecule has 152 valence electrons. The summed E-state index contributed by atoms with van der Waals surface area (Å²) in [4.78, 5) is 17.3. The number of hydrogen-bond donors (Lipinski definition) is 1. The Morgan fingerprint density at radius 3 is 2.62 bits per heavy atom. The number of sulfonamides is 1. The summed E-state index contributed by atoms with van der Waals surface area (Å²) in [6, 6.07) is 12.7. The Bertz CT molecular complexity index is 1050. The maximum absolute atomic E-state index is 12.6. The smallest absolute Gasteiger partial charge is 0.263 e. The van der Waals surface area contributed by atoms with Crippen molar-refractivity contribution in [3.05, 3.63) is 65.4 Å². The predicted molar refractivity (Wildman–Crippen MR) is 111 cm³/mol. The van der Waals surface area contributed by atoms with Crippen molar-refractivity contribution in [1.29, 1.82) is 0 Å². The Morgan fingerprint density at radius 2 is 1.93 bits per heavy atom. The van der Waals surface area contributed by atoms with Crippen LogP contribution in [0.25, 0.3) is 10.8 Å². The number of thiazole rings is 1. The van der Waals surface area contributed by atoms with Gasteiger partial charge in [0.1, 0.15) is 4.88 Å². The van der Waals surface area contributed by atoms with Crippen LogP contribution >= 0.6 is 11.3 Å². The van der Waals surface area contributed by atoms with Gasteiger partial charge in [-0.15, -0.1) is 11.3 Å². The Kier molecular flexibility index (Phi) is 5.79. The van der Waals surface area contributed by atoms with E-state index in [4.69, 9.17) is 4.42 Å². The van der Waals surface area contributed by atoms with E-state index in [0.717, 1.165) is 5.56 Å². The number of rotatable bonds is 6. The number of hydrogen-bond acceptors (Lipinski definition) is 6. The molecule has 1 aliphatic heterocycles. The van der Waals surface area contributed by atoms with Gasteiger partial charge >= 0.3 is 0 Å². The van der Waals surface area contributed by atoms with Crippen molar-refractivity contribution in [2.24, 2.45) is 0 Å². The molecule has 0 spiro atoms. The number of nitrogens with one attached hydrogen (secondary N) is 1. The van der Waals surface area contributed by atoms with E-state index in [9.17, 15) is 13.2 Å². The van der Waals surface area contributed by atoms with Gasteiger partial charge in [0.15, 0.2) is 10.8 Å². The molecular formula is C20H21N3O4S2. The van der Waals surface area contributed by atoms with Crippen LogP contribution in [0.3, 0.4) is 0 Å². The van der Waals surface area contributed by atoms with Crippen molar-refractivity contribution in [1.82, 2.24) is 14.6 Å². The first-order chi connectivity index (χ1) is 14.0. The summed E-state index contributed by atoms with van der Waals surface area (Å²) in [5.41, 5.74) is 0.778. The lowest BCUT2D eigenvalue weighted by Gasteiger charge is -2.31. The molecule has 0 aliphatic carbocycles. The molecule has 1 aliphatic rings. The molecule has 1 fully saturated rings. The standard InChI is InChI=1S/C20H21N3O4S2/c24-19(18-13-21-20(28-18)17-7-4-12-27-17)22-16-8-10-23(11-9-16)29(25,26)14-15-5-2-1-3-6-15/h1-7,12-13,16H,8-11,14H2,(H,22,24). The second-order valence-electron chi connectivity index (χ2n) is 6.90. The minimum absolute atomic E-state index is 0.00128. The number of benzene rings is 1. The number of carbonyl (C=O) groups is 1. The molecule has 0 unspecified atom stereocenters. The lowest BCUT2D eigenvalue weighted by molar-refractivity contribution is 0.0928. The van der Waals surface area contributed by atoms with Crippen molar-refractivity contribution < 1.29 is 17.6 Å². The monoisotopic (exact) mass is 431 g/mol. The molecule has 2 aromatic heterocycles. The lowest BCUT2D eigenvalue weighted by atomic mass is 10.1. The highest BCUT2D eigenvalue weighted by Crippen LogP contribution is 2.26. The van der Waals surface area contributed by atoms with E-state index in [0.29, 0.717) is 41.6 Å². The quantitative estimate of drug-likeness (QED) is 0.647. The van der Waals surface area contributed by atoms with Crippen LogP contribution in [0, 0.1) is 0 Å². The third-order valence-electron chi connectivity index (χ3n) is 4.84. The summed E-state index contributed by atoms with van der Waals surface area (Å²) < 4.78 is 32.1. The Balaban J connectivity index is 1.31. The highest BCUT2D eigenvalue weighted by molar-refractivity contribution is 7.88. The molecule has 0 atom stereocenters. The Morgan fingerprint density at radius 1 is 1.17 bits per heavy atom. The van der Waals surface area contributed by atoms with Gasteiger partial charge < -0.3 is 9.73 Å². The highest BCUT2D eigenvalue weighted by atomic mass is 32.2. The molecule has 7 nitrogen and oxygen atoms in total. The van der Waals surface area contributed by atoms with Gasteiger partial charge in [0.25, 0.3) is 5.91 Å². The van der Waals surface area contributed by atoms with E-state index >= 15 is 0 Å². The number of nitrogens with zero attached hydrogens (tertiary/aromatic N) is 2. The number of piperidine rings is 1. The van der Waals surface area contributed by atoms with E-state index in [1.807, 2.05) is 30.3 Å². The molecule has 1 aromatic carbocycles. The van der Waals surface area contributed by atoms with E-state index in [2.05, 4.69) is 10.3 Å². The van der Waals surface area contributed by atoms with Crippen LogP contribution in [0.5, 0.6) is 0 Å². The van der Waals surface area contributed by atoms with Crippen LogP contribution in [0.1, 0.15) is 28.1 Å². The van der Waals surface area contributed by atoms with Crippen LogP contribution in [-0.4, -0.2) is 42.7 Å². The van der Waals surface area contributed by atoms with E-state index in [1.165, 1.54) is 21.8 Å². The second-order valence-corrected chi connectivity index (χ2v) is 9.90. The third-order valence-corrected chi connectivity index (χ3v) is 7.70. The van der Waals surface area contributed by atoms with Gasteiger partial charge in [0, 0.05) is 19.1 Å². The number of furan rings is 1. The van der Waals surface area contributed by atoms with Crippen molar-refractivity contribution >= 4 is 27.3 Å². The van der Waals surface area contributed by atoms with Crippen LogP contribution < -0.4 is 5.32 Å².